The number of benzene rings is 1. The molecule has 1 heterocycles. The molecule has 2 aromatic rings. The molecular weight excluding hydrogens is 222 g/mol. The number of nitrogens with zero attached hydrogens (tertiary/aromatic N) is 3. The molecule has 0 aliphatic heterocycles. The highest BCUT2D eigenvalue weighted by Crippen LogP contribution is 2.24. The van der Waals surface area contributed by atoms with Crippen molar-refractivity contribution in [3.8, 4) is 17.0 Å². The third-order valence-electron chi connectivity index (χ3n) is 2.36. The predicted molar refractivity (Wildman–Crippen MR) is 59.8 cm³/mol. The summed E-state index contributed by atoms with van der Waals surface area (Å²) in [6.07, 6.45) is 0. The third kappa shape index (κ3) is 1.96. The molecule has 17 heavy (non-hydrogen) atoms. The first-order chi connectivity index (χ1) is 8.13. The van der Waals surface area contributed by atoms with Crippen LogP contribution in [0.2, 0.25) is 0 Å². The first-order valence-corrected chi connectivity index (χ1v) is 5.09. The number of hydrogen-bond acceptors (Lipinski definition) is 4. The van der Waals surface area contributed by atoms with Crippen LogP contribution in [0.1, 0.15) is 17.4 Å². The zero-order valence-corrected chi connectivity index (χ0v) is 9.16. The van der Waals surface area contributed by atoms with Gasteiger partial charge in [0, 0.05) is 12.1 Å². The summed E-state index contributed by atoms with van der Waals surface area (Å²) < 4.78 is 1.31. The van der Waals surface area contributed by atoms with E-state index in [9.17, 15) is 9.90 Å². The largest absolute Gasteiger partial charge is 0.508 e. The van der Waals surface area contributed by atoms with Crippen LogP contribution in [-0.4, -0.2) is 31.2 Å². The number of phenolic OH excluding ortho intramolecular Hbond substituents is 1. The van der Waals surface area contributed by atoms with E-state index in [0.717, 1.165) is 0 Å². The van der Waals surface area contributed by atoms with Gasteiger partial charge in [0.15, 0.2) is 5.69 Å². The Balaban J connectivity index is 2.60. The Morgan fingerprint density at radius 3 is 2.82 bits per heavy atom. The van der Waals surface area contributed by atoms with Gasteiger partial charge in [-0.15, -0.1) is 5.10 Å². The SMILES string of the molecule is CCn1nnc(-c2cccc(O)c2)c1C(=O)O. The molecule has 0 bridgehead atoms. The van der Waals surface area contributed by atoms with E-state index >= 15 is 0 Å². The molecule has 0 unspecified atom stereocenters. The Hall–Kier alpha value is -2.37. The van der Waals surface area contributed by atoms with E-state index in [0.29, 0.717) is 12.1 Å². The Morgan fingerprint density at radius 1 is 1.47 bits per heavy atom. The maximum Gasteiger partial charge on any atom is 0.356 e. The van der Waals surface area contributed by atoms with E-state index in [-0.39, 0.29) is 17.1 Å². The lowest BCUT2D eigenvalue weighted by Crippen LogP contribution is -2.09. The summed E-state index contributed by atoms with van der Waals surface area (Å²) in [6, 6.07) is 6.27. The highest BCUT2D eigenvalue weighted by Gasteiger charge is 2.20. The van der Waals surface area contributed by atoms with Gasteiger partial charge in [-0.05, 0) is 19.1 Å². The molecule has 1 aromatic carbocycles. The van der Waals surface area contributed by atoms with E-state index < -0.39 is 5.97 Å². The minimum atomic E-state index is -1.09. The van der Waals surface area contributed by atoms with Gasteiger partial charge in [0.25, 0.3) is 0 Å². The molecule has 0 atom stereocenters. The number of carboxylic acids is 1. The highest BCUT2D eigenvalue weighted by atomic mass is 16.4. The van der Waals surface area contributed by atoms with Gasteiger partial charge in [-0.1, -0.05) is 17.3 Å². The predicted octanol–water partition coefficient (Wildman–Crippen LogP) is 1.37. The maximum atomic E-state index is 11.2. The monoisotopic (exact) mass is 233 g/mol. The number of aryl methyl sites for hydroxylation is 1. The lowest BCUT2D eigenvalue weighted by Gasteiger charge is -2.01. The molecule has 0 fully saturated rings. The van der Waals surface area contributed by atoms with Gasteiger partial charge in [-0.25, -0.2) is 9.48 Å². The Kier molecular flexibility index (Phi) is 2.78. The summed E-state index contributed by atoms with van der Waals surface area (Å²) in [5.41, 5.74) is 0.815. The molecule has 6 nitrogen and oxygen atoms in total. The fraction of sp³-hybridized carbons (Fsp3) is 0.182. The van der Waals surface area contributed by atoms with Crippen LogP contribution in [0.15, 0.2) is 24.3 Å². The van der Waals surface area contributed by atoms with Gasteiger partial charge < -0.3 is 10.2 Å². The standard InChI is InChI=1S/C11H11N3O3/c1-2-14-10(11(16)17)9(12-13-14)7-4-3-5-8(15)6-7/h3-6,15H,2H2,1H3,(H,16,17). The van der Waals surface area contributed by atoms with Crippen LogP contribution in [-0.2, 0) is 6.54 Å². The average Bonchev–Trinajstić information content (AvgIpc) is 2.72. The van der Waals surface area contributed by atoms with Crippen LogP contribution in [0.25, 0.3) is 11.3 Å². The topological polar surface area (TPSA) is 88.2 Å². The van der Waals surface area contributed by atoms with Crippen LogP contribution in [0.5, 0.6) is 5.75 Å². The molecule has 0 aliphatic rings. The van der Waals surface area contributed by atoms with Crippen LogP contribution in [0.4, 0.5) is 0 Å². The number of rotatable bonds is 3. The summed E-state index contributed by atoms with van der Waals surface area (Å²) in [5, 5.41) is 26.1. The Labute approximate surface area is 97.1 Å². The highest BCUT2D eigenvalue weighted by molar-refractivity contribution is 5.92. The Bertz CT molecular complexity index is 563. The van der Waals surface area contributed by atoms with Crippen LogP contribution in [0, 0.1) is 0 Å². The number of aromatic hydroxyl groups is 1. The van der Waals surface area contributed by atoms with Crippen LogP contribution < -0.4 is 0 Å². The second kappa shape index (κ2) is 4.25. The lowest BCUT2D eigenvalue weighted by atomic mass is 10.1. The van der Waals surface area contributed by atoms with Gasteiger partial charge in [-0.3, -0.25) is 0 Å². The fourth-order valence-electron chi connectivity index (χ4n) is 1.59. The molecule has 1 aromatic heterocycles. The smallest absolute Gasteiger partial charge is 0.356 e. The average molecular weight is 233 g/mol. The first kappa shape index (κ1) is 11.1. The zero-order chi connectivity index (χ0) is 12.4. The first-order valence-electron chi connectivity index (χ1n) is 5.09. The van der Waals surface area contributed by atoms with Crippen molar-refractivity contribution in [2.24, 2.45) is 0 Å². The number of aromatic carboxylic acids is 1. The number of carbonyl (C=O) groups is 1. The van der Waals surface area contributed by atoms with E-state index in [2.05, 4.69) is 10.3 Å². The number of carboxylic acid groups (broad SMARTS) is 1. The second-order valence-electron chi connectivity index (χ2n) is 3.46. The molecule has 0 aliphatic carbocycles. The molecule has 2 rings (SSSR count). The summed E-state index contributed by atoms with van der Waals surface area (Å²) >= 11 is 0. The number of hydrogen-bond donors (Lipinski definition) is 2. The molecule has 88 valence electrons. The van der Waals surface area contributed by atoms with Gasteiger partial charge in [-0.2, -0.15) is 0 Å². The van der Waals surface area contributed by atoms with Crippen molar-refractivity contribution in [2.75, 3.05) is 0 Å². The lowest BCUT2D eigenvalue weighted by molar-refractivity contribution is 0.0684. The van der Waals surface area contributed by atoms with Crippen molar-refractivity contribution in [1.29, 1.82) is 0 Å². The maximum absolute atomic E-state index is 11.2. The minimum absolute atomic E-state index is 0.0260. The van der Waals surface area contributed by atoms with Crippen molar-refractivity contribution in [3.05, 3.63) is 30.0 Å². The molecule has 0 amide bonds. The van der Waals surface area contributed by atoms with Gasteiger partial charge in [0.2, 0.25) is 0 Å². The van der Waals surface area contributed by atoms with Gasteiger partial charge in [0.05, 0.1) is 0 Å². The molecule has 0 spiro atoms. The number of phenols is 1. The van der Waals surface area contributed by atoms with Gasteiger partial charge in [0.1, 0.15) is 11.4 Å². The minimum Gasteiger partial charge on any atom is -0.508 e. The zero-order valence-electron chi connectivity index (χ0n) is 9.16. The molecule has 0 radical (unpaired) electrons. The van der Waals surface area contributed by atoms with Gasteiger partial charge >= 0.3 is 5.97 Å². The van der Waals surface area contributed by atoms with E-state index in [1.165, 1.54) is 16.8 Å². The van der Waals surface area contributed by atoms with Crippen molar-refractivity contribution in [3.63, 3.8) is 0 Å². The fourth-order valence-corrected chi connectivity index (χ4v) is 1.59. The molecule has 0 saturated carbocycles. The summed E-state index contributed by atoms with van der Waals surface area (Å²) in [5.74, 6) is -1.03. The Morgan fingerprint density at radius 2 is 2.24 bits per heavy atom. The molecule has 2 N–H and O–H groups in total. The number of aromatic nitrogens is 3. The van der Waals surface area contributed by atoms with Crippen molar-refractivity contribution >= 4 is 5.97 Å². The summed E-state index contributed by atoms with van der Waals surface area (Å²) in [4.78, 5) is 11.2. The van der Waals surface area contributed by atoms with E-state index in [1.807, 2.05) is 0 Å². The summed E-state index contributed by atoms with van der Waals surface area (Å²) in [7, 11) is 0. The van der Waals surface area contributed by atoms with Crippen molar-refractivity contribution in [1.82, 2.24) is 15.0 Å². The van der Waals surface area contributed by atoms with E-state index in [4.69, 9.17) is 5.11 Å². The van der Waals surface area contributed by atoms with E-state index in [1.54, 1.807) is 19.1 Å². The molecular formula is C11H11N3O3. The van der Waals surface area contributed by atoms with Crippen LogP contribution in [0.3, 0.4) is 0 Å². The molecule has 0 saturated heterocycles. The quantitative estimate of drug-likeness (QED) is 0.835. The third-order valence-corrected chi connectivity index (χ3v) is 2.36. The molecule has 6 heteroatoms. The van der Waals surface area contributed by atoms with Crippen LogP contribution >= 0.6 is 0 Å². The second-order valence-corrected chi connectivity index (χ2v) is 3.46. The normalized spacial score (nSPS) is 10.4. The van der Waals surface area contributed by atoms with Crippen molar-refractivity contribution < 1.29 is 15.0 Å². The summed E-state index contributed by atoms with van der Waals surface area (Å²) in [6.45, 7) is 2.21. The van der Waals surface area contributed by atoms with Crippen molar-refractivity contribution in [2.45, 2.75) is 13.5 Å².